The van der Waals surface area contributed by atoms with Crippen LogP contribution in [0.2, 0.25) is 0 Å². The number of nitrogens with one attached hydrogen (secondary N) is 2. The first-order valence-electron chi connectivity index (χ1n) is 7.52. The first-order valence-corrected chi connectivity index (χ1v) is 8.40. The number of aliphatic imine (C=N–C) groups is 1. The Morgan fingerprint density at radius 3 is 2.67 bits per heavy atom. The third-order valence-corrected chi connectivity index (χ3v) is 4.63. The summed E-state index contributed by atoms with van der Waals surface area (Å²) in [5.41, 5.74) is 0.487. The minimum atomic E-state index is -0.556. The van der Waals surface area contributed by atoms with Crippen molar-refractivity contribution >= 4 is 41.3 Å². The lowest BCUT2D eigenvalue weighted by Crippen LogP contribution is -2.39. The van der Waals surface area contributed by atoms with E-state index in [1.807, 2.05) is 6.07 Å². The minimum absolute atomic E-state index is 0. The second-order valence-electron chi connectivity index (χ2n) is 5.28. The van der Waals surface area contributed by atoms with Gasteiger partial charge in [0.1, 0.15) is 11.6 Å². The molecule has 132 valence electrons. The molecule has 0 saturated heterocycles. The van der Waals surface area contributed by atoms with Gasteiger partial charge in [0.15, 0.2) is 5.96 Å². The number of benzene rings is 1. The molecule has 24 heavy (non-hydrogen) atoms. The van der Waals surface area contributed by atoms with Crippen LogP contribution in [0, 0.1) is 11.6 Å². The van der Waals surface area contributed by atoms with Crippen molar-refractivity contribution in [1.82, 2.24) is 10.6 Å². The topological polar surface area (TPSA) is 36.4 Å². The molecule has 1 atom stereocenters. The second-order valence-corrected chi connectivity index (χ2v) is 6.26. The van der Waals surface area contributed by atoms with Crippen LogP contribution in [0.3, 0.4) is 0 Å². The third-order valence-electron chi connectivity index (χ3n) is 3.53. The molecule has 0 spiro atoms. The van der Waals surface area contributed by atoms with E-state index in [4.69, 9.17) is 0 Å². The van der Waals surface area contributed by atoms with Crippen molar-refractivity contribution in [2.45, 2.75) is 19.3 Å². The lowest BCUT2D eigenvalue weighted by molar-refractivity contribution is 0.570. The van der Waals surface area contributed by atoms with Gasteiger partial charge in [0, 0.05) is 37.0 Å². The largest absolute Gasteiger partial charge is 0.356 e. The molecule has 0 aliphatic carbocycles. The van der Waals surface area contributed by atoms with E-state index < -0.39 is 11.6 Å². The van der Waals surface area contributed by atoms with Crippen LogP contribution in [0.1, 0.15) is 23.3 Å². The molecule has 0 aliphatic rings. The fourth-order valence-electron chi connectivity index (χ4n) is 2.18. The molecule has 7 heteroatoms. The van der Waals surface area contributed by atoms with Crippen LogP contribution >= 0.6 is 35.3 Å². The van der Waals surface area contributed by atoms with Gasteiger partial charge in [0.2, 0.25) is 0 Å². The van der Waals surface area contributed by atoms with Gasteiger partial charge in [-0.2, -0.15) is 0 Å². The van der Waals surface area contributed by atoms with E-state index in [-0.39, 0.29) is 24.0 Å². The van der Waals surface area contributed by atoms with Crippen molar-refractivity contribution in [3.63, 3.8) is 0 Å². The maximum atomic E-state index is 13.6. The molecule has 0 aliphatic heterocycles. The second kappa shape index (κ2) is 10.6. The molecule has 0 radical (unpaired) electrons. The first kappa shape index (κ1) is 20.8. The lowest BCUT2D eigenvalue weighted by atomic mass is 10.1. The van der Waals surface area contributed by atoms with Crippen LogP contribution in [0.4, 0.5) is 8.78 Å². The number of hydrogen-bond acceptors (Lipinski definition) is 2. The summed E-state index contributed by atoms with van der Waals surface area (Å²) in [6, 6.07) is 7.81. The van der Waals surface area contributed by atoms with E-state index in [9.17, 15) is 8.78 Å². The molecule has 0 amide bonds. The normalized spacial score (nSPS) is 12.4. The summed E-state index contributed by atoms with van der Waals surface area (Å²) >= 11 is 1.74. The molecule has 2 N–H and O–H groups in total. The molecule has 3 nitrogen and oxygen atoms in total. The zero-order valence-electron chi connectivity index (χ0n) is 13.7. The fourth-order valence-corrected chi connectivity index (χ4v) is 2.97. The Kier molecular flexibility index (Phi) is 9.20. The average molecular weight is 465 g/mol. The smallest absolute Gasteiger partial charge is 0.191 e. The van der Waals surface area contributed by atoms with E-state index >= 15 is 0 Å². The Morgan fingerprint density at radius 1 is 1.25 bits per heavy atom. The standard InChI is InChI=1S/C17H21F2N3S.HI/c1-12(16-4-3-9-23-16)11-22-17(20-2)21-8-7-13-5-6-14(18)10-15(13)19;/h3-6,9-10,12H,7-8,11H2,1-2H3,(H2,20,21,22);1H. The SMILES string of the molecule is CN=C(NCCc1ccc(F)cc1F)NCC(C)c1cccs1.I. The number of nitrogens with zero attached hydrogens (tertiary/aromatic N) is 1. The summed E-state index contributed by atoms with van der Waals surface area (Å²) in [6.07, 6.45) is 0.466. The summed E-state index contributed by atoms with van der Waals surface area (Å²) in [7, 11) is 1.70. The fraction of sp³-hybridized carbons (Fsp3) is 0.353. The van der Waals surface area contributed by atoms with Gasteiger partial charge in [-0.1, -0.05) is 19.1 Å². The zero-order valence-corrected chi connectivity index (χ0v) is 16.8. The van der Waals surface area contributed by atoms with Crippen molar-refractivity contribution in [3.8, 4) is 0 Å². The van der Waals surface area contributed by atoms with Crippen LogP contribution < -0.4 is 10.6 Å². The number of rotatable bonds is 6. The van der Waals surface area contributed by atoms with Crippen LogP contribution in [0.25, 0.3) is 0 Å². The van der Waals surface area contributed by atoms with Gasteiger partial charge < -0.3 is 10.6 Å². The molecular formula is C17H22F2IN3S. The van der Waals surface area contributed by atoms with E-state index in [1.54, 1.807) is 18.4 Å². The predicted octanol–water partition coefficient (Wildman–Crippen LogP) is 4.16. The highest BCUT2D eigenvalue weighted by Gasteiger charge is 2.08. The van der Waals surface area contributed by atoms with Gasteiger partial charge >= 0.3 is 0 Å². The number of hydrogen-bond donors (Lipinski definition) is 2. The van der Waals surface area contributed by atoms with Crippen molar-refractivity contribution in [1.29, 1.82) is 0 Å². The molecule has 1 aromatic carbocycles. The molecule has 1 aromatic heterocycles. The molecule has 1 unspecified atom stereocenters. The summed E-state index contributed by atoms with van der Waals surface area (Å²) in [5.74, 6) is -0.000617. The van der Waals surface area contributed by atoms with E-state index in [0.717, 1.165) is 12.6 Å². The Bertz CT molecular complexity index is 647. The quantitative estimate of drug-likeness (QED) is 0.382. The van der Waals surface area contributed by atoms with E-state index in [2.05, 4.69) is 34.0 Å². The van der Waals surface area contributed by atoms with Gasteiger partial charge in [0.25, 0.3) is 0 Å². The minimum Gasteiger partial charge on any atom is -0.356 e. The Balaban J connectivity index is 0.00000288. The molecule has 0 fully saturated rings. The van der Waals surface area contributed by atoms with Crippen LogP contribution in [0.15, 0.2) is 40.7 Å². The number of thiophene rings is 1. The van der Waals surface area contributed by atoms with E-state index in [1.165, 1.54) is 17.0 Å². The molecule has 0 saturated carbocycles. The highest BCUT2D eigenvalue weighted by molar-refractivity contribution is 14.0. The third kappa shape index (κ3) is 6.35. The predicted molar refractivity (Wildman–Crippen MR) is 108 cm³/mol. The van der Waals surface area contributed by atoms with Crippen molar-refractivity contribution in [2.75, 3.05) is 20.1 Å². The maximum Gasteiger partial charge on any atom is 0.191 e. The summed E-state index contributed by atoms with van der Waals surface area (Å²) in [5, 5.41) is 8.47. The average Bonchev–Trinajstić information content (AvgIpc) is 3.06. The number of guanidine groups is 1. The summed E-state index contributed by atoms with van der Waals surface area (Å²) in [4.78, 5) is 5.47. The van der Waals surface area contributed by atoms with E-state index in [0.29, 0.717) is 30.4 Å². The van der Waals surface area contributed by atoms with Crippen LogP contribution in [-0.4, -0.2) is 26.1 Å². The summed E-state index contributed by atoms with van der Waals surface area (Å²) in [6.45, 7) is 3.45. The summed E-state index contributed by atoms with van der Waals surface area (Å²) < 4.78 is 26.4. The van der Waals surface area contributed by atoms with Crippen LogP contribution in [-0.2, 0) is 6.42 Å². The molecule has 2 aromatic rings. The zero-order chi connectivity index (χ0) is 16.7. The molecule has 0 bridgehead atoms. The van der Waals surface area contributed by atoms with Gasteiger partial charge in [-0.05, 0) is 29.5 Å². The maximum absolute atomic E-state index is 13.6. The molecule has 2 rings (SSSR count). The van der Waals surface area contributed by atoms with Gasteiger partial charge in [0.05, 0.1) is 0 Å². The van der Waals surface area contributed by atoms with Crippen LogP contribution in [0.5, 0.6) is 0 Å². The van der Waals surface area contributed by atoms with Gasteiger partial charge in [-0.3, -0.25) is 4.99 Å². The Morgan fingerprint density at radius 2 is 2.04 bits per heavy atom. The molecule has 1 heterocycles. The Hall–Kier alpha value is -1.22. The van der Waals surface area contributed by atoms with Crippen molar-refractivity contribution in [2.24, 2.45) is 4.99 Å². The lowest BCUT2D eigenvalue weighted by Gasteiger charge is -2.15. The highest BCUT2D eigenvalue weighted by Crippen LogP contribution is 2.19. The van der Waals surface area contributed by atoms with Crippen molar-refractivity contribution < 1.29 is 8.78 Å². The number of halogens is 3. The van der Waals surface area contributed by atoms with Gasteiger partial charge in [-0.15, -0.1) is 35.3 Å². The van der Waals surface area contributed by atoms with Gasteiger partial charge in [-0.25, -0.2) is 8.78 Å². The molecular weight excluding hydrogens is 443 g/mol. The van der Waals surface area contributed by atoms with Crippen molar-refractivity contribution in [3.05, 3.63) is 57.8 Å². The Labute approximate surface area is 162 Å². The highest BCUT2D eigenvalue weighted by atomic mass is 127. The first-order chi connectivity index (χ1) is 11.1. The monoisotopic (exact) mass is 465 g/mol.